The van der Waals surface area contributed by atoms with Crippen molar-refractivity contribution in [2.24, 2.45) is 5.10 Å². The Hall–Kier alpha value is -3.14. The third kappa shape index (κ3) is 4.22. The van der Waals surface area contributed by atoms with Gasteiger partial charge in [-0.2, -0.15) is 14.9 Å². The molecule has 1 atom stereocenters. The number of hydrogen-bond donors (Lipinski definition) is 0. The van der Waals surface area contributed by atoms with E-state index in [1.54, 1.807) is 28.2 Å². The first-order chi connectivity index (χ1) is 16.2. The Bertz CT molecular complexity index is 1270. The first kappa shape index (κ1) is 22.6. The predicted molar refractivity (Wildman–Crippen MR) is 129 cm³/mol. The van der Waals surface area contributed by atoms with Gasteiger partial charge in [-0.3, -0.25) is 9.48 Å². The third-order valence-electron chi connectivity index (χ3n) is 5.79. The molecule has 0 saturated heterocycles. The summed E-state index contributed by atoms with van der Waals surface area (Å²) in [6.45, 7) is 7.78. The summed E-state index contributed by atoms with van der Waals surface area (Å²) >= 11 is 1.62. The molecule has 1 aliphatic carbocycles. The zero-order valence-corrected chi connectivity index (χ0v) is 20.8. The van der Waals surface area contributed by atoms with E-state index < -0.39 is 5.60 Å². The van der Waals surface area contributed by atoms with Crippen LogP contribution in [0.4, 0.5) is 0 Å². The number of esters is 1. The van der Waals surface area contributed by atoms with Gasteiger partial charge in [0.25, 0.3) is 0 Å². The number of methoxy groups -OCH3 is 1. The molecule has 9 nitrogen and oxygen atoms in total. The first-order valence-electron chi connectivity index (χ1n) is 11.4. The van der Waals surface area contributed by atoms with Crippen LogP contribution in [0.1, 0.15) is 50.9 Å². The number of nitrogens with zero attached hydrogens (tertiary/aromatic N) is 6. The van der Waals surface area contributed by atoms with Gasteiger partial charge in [0, 0.05) is 11.3 Å². The fraction of sp³-hybridized carbons (Fsp3) is 0.458. The molecule has 0 bridgehead atoms. The summed E-state index contributed by atoms with van der Waals surface area (Å²) in [4.78, 5) is 12.5. The molecular weight excluding hydrogens is 452 g/mol. The zero-order chi connectivity index (χ0) is 24.0. The summed E-state index contributed by atoms with van der Waals surface area (Å²) in [7, 11) is 1.65. The Balaban J connectivity index is 1.52. The number of rotatable bonds is 5. The Labute approximate surface area is 202 Å². The average Bonchev–Trinajstić information content (AvgIpc) is 3.48. The average molecular weight is 481 g/mol. The van der Waals surface area contributed by atoms with Crippen LogP contribution in [0.2, 0.25) is 0 Å². The van der Waals surface area contributed by atoms with Crippen LogP contribution in [0.25, 0.3) is 11.5 Å². The SMILES string of the molecule is COc1ccc(C2=Nn3c(nnc3-c3nn(CC(=O)OC(C)(C)C)c4c3CCC4)SC2C)cc1. The Morgan fingerprint density at radius 2 is 1.94 bits per heavy atom. The molecule has 0 spiro atoms. The molecule has 1 aliphatic heterocycles. The van der Waals surface area contributed by atoms with E-state index in [2.05, 4.69) is 17.1 Å². The van der Waals surface area contributed by atoms with Crippen molar-refractivity contribution in [1.29, 1.82) is 0 Å². The predicted octanol–water partition coefficient (Wildman–Crippen LogP) is 3.73. The largest absolute Gasteiger partial charge is 0.497 e. The number of ether oxygens (including phenoxy) is 2. The normalized spacial score (nSPS) is 17.2. The van der Waals surface area contributed by atoms with Crippen LogP contribution in [-0.2, 0) is 28.9 Å². The molecule has 2 aliphatic rings. The lowest BCUT2D eigenvalue weighted by Gasteiger charge is -2.20. The van der Waals surface area contributed by atoms with E-state index in [4.69, 9.17) is 19.7 Å². The van der Waals surface area contributed by atoms with Gasteiger partial charge >= 0.3 is 5.97 Å². The van der Waals surface area contributed by atoms with Crippen LogP contribution in [0, 0.1) is 0 Å². The molecule has 0 fully saturated rings. The lowest BCUT2D eigenvalue weighted by molar-refractivity contribution is -0.155. The lowest BCUT2D eigenvalue weighted by atomic mass is 10.1. The quantitative estimate of drug-likeness (QED) is 0.514. The van der Waals surface area contributed by atoms with Gasteiger partial charge in [0.2, 0.25) is 11.0 Å². The van der Waals surface area contributed by atoms with Crippen molar-refractivity contribution in [2.45, 2.75) is 69.5 Å². The van der Waals surface area contributed by atoms with Crippen LogP contribution >= 0.6 is 11.8 Å². The molecular formula is C24H28N6O3S. The first-order valence-corrected chi connectivity index (χ1v) is 12.3. The van der Waals surface area contributed by atoms with Crippen LogP contribution in [0.3, 0.4) is 0 Å². The fourth-order valence-electron chi connectivity index (χ4n) is 4.35. The maximum atomic E-state index is 12.5. The van der Waals surface area contributed by atoms with E-state index in [-0.39, 0.29) is 17.8 Å². The molecule has 3 aromatic rings. The smallest absolute Gasteiger partial charge is 0.328 e. The Kier molecular flexibility index (Phi) is 5.71. The molecule has 178 valence electrons. The van der Waals surface area contributed by atoms with Gasteiger partial charge in [-0.1, -0.05) is 11.8 Å². The Morgan fingerprint density at radius 1 is 1.18 bits per heavy atom. The minimum atomic E-state index is -0.539. The molecule has 0 saturated carbocycles. The van der Waals surface area contributed by atoms with Gasteiger partial charge in [0.1, 0.15) is 23.6 Å². The van der Waals surface area contributed by atoms with Crippen molar-refractivity contribution in [1.82, 2.24) is 24.7 Å². The number of aromatic nitrogens is 5. The van der Waals surface area contributed by atoms with Gasteiger partial charge < -0.3 is 9.47 Å². The maximum absolute atomic E-state index is 12.5. The van der Waals surface area contributed by atoms with Crippen molar-refractivity contribution in [2.75, 3.05) is 7.11 Å². The van der Waals surface area contributed by atoms with Gasteiger partial charge in [-0.05, 0) is 76.8 Å². The second-order valence-electron chi connectivity index (χ2n) is 9.46. The molecule has 10 heteroatoms. The van der Waals surface area contributed by atoms with E-state index in [9.17, 15) is 4.79 Å². The molecule has 0 amide bonds. The number of hydrogen-bond acceptors (Lipinski definition) is 8. The van der Waals surface area contributed by atoms with Crippen LogP contribution < -0.4 is 4.74 Å². The van der Waals surface area contributed by atoms with Crippen molar-refractivity contribution < 1.29 is 14.3 Å². The highest BCUT2D eigenvalue weighted by molar-refractivity contribution is 8.00. The van der Waals surface area contributed by atoms with Crippen molar-refractivity contribution >= 4 is 23.4 Å². The van der Waals surface area contributed by atoms with E-state index >= 15 is 0 Å². The molecule has 2 aromatic heterocycles. The van der Waals surface area contributed by atoms with E-state index in [0.29, 0.717) is 5.82 Å². The zero-order valence-electron chi connectivity index (χ0n) is 20.0. The van der Waals surface area contributed by atoms with E-state index in [1.165, 1.54) is 0 Å². The summed E-state index contributed by atoms with van der Waals surface area (Å²) in [6.07, 6.45) is 2.78. The number of thioether (sulfide) groups is 1. The molecule has 1 unspecified atom stereocenters. The van der Waals surface area contributed by atoms with E-state index in [1.807, 2.05) is 45.0 Å². The second kappa shape index (κ2) is 8.57. The highest BCUT2D eigenvalue weighted by Crippen LogP contribution is 2.36. The van der Waals surface area contributed by atoms with Crippen LogP contribution in [-0.4, -0.2) is 54.3 Å². The molecule has 3 heterocycles. The van der Waals surface area contributed by atoms with Gasteiger partial charge in [-0.15, -0.1) is 10.2 Å². The fourth-order valence-corrected chi connectivity index (χ4v) is 5.28. The second-order valence-corrected chi connectivity index (χ2v) is 10.8. The standard InChI is InChI=1S/C24H28N6O3S/c1-14-20(15-9-11-16(32-5)12-10-15)28-30-22(25-26-23(30)34-14)21-17-7-6-8-18(17)29(27-21)13-19(31)33-24(2,3)4/h9-12,14H,6-8,13H2,1-5H3. The molecule has 0 N–H and O–H groups in total. The number of carbonyl (C=O) groups is 1. The van der Waals surface area contributed by atoms with Gasteiger partial charge in [-0.25, -0.2) is 0 Å². The molecule has 1 aromatic carbocycles. The molecule has 0 radical (unpaired) electrons. The van der Waals surface area contributed by atoms with Gasteiger partial charge in [0.05, 0.1) is 18.1 Å². The summed E-state index contributed by atoms with van der Waals surface area (Å²) in [6, 6.07) is 7.89. The van der Waals surface area contributed by atoms with Crippen LogP contribution in [0.5, 0.6) is 5.75 Å². The molecule has 5 rings (SSSR count). The maximum Gasteiger partial charge on any atom is 0.328 e. The van der Waals surface area contributed by atoms with Gasteiger partial charge in [0.15, 0.2) is 0 Å². The molecule has 34 heavy (non-hydrogen) atoms. The number of carbonyl (C=O) groups excluding carboxylic acids is 1. The highest BCUT2D eigenvalue weighted by atomic mass is 32.2. The lowest BCUT2D eigenvalue weighted by Crippen LogP contribution is -2.27. The minimum absolute atomic E-state index is 0.0761. The summed E-state index contributed by atoms with van der Waals surface area (Å²) in [5.41, 5.74) is 4.33. The van der Waals surface area contributed by atoms with Crippen molar-refractivity contribution in [3.8, 4) is 17.3 Å². The number of benzene rings is 1. The van der Waals surface area contributed by atoms with Crippen molar-refractivity contribution in [3.05, 3.63) is 41.1 Å². The monoisotopic (exact) mass is 480 g/mol. The minimum Gasteiger partial charge on any atom is -0.497 e. The third-order valence-corrected chi connectivity index (χ3v) is 6.83. The Morgan fingerprint density at radius 3 is 2.65 bits per heavy atom. The topological polar surface area (TPSA) is 96.4 Å². The van der Waals surface area contributed by atoms with E-state index in [0.717, 1.165) is 58.4 Å². The van der Waals surface area contributed by atoms with Crippen LogP contribution in [0.15, 0.2) is 34.5 Å². The highest BCUT2D eigenvalue weighted by Gasteiger charge is 2.31. The number of fused-ring (bicyclic) bond motifs is 2. The van der Waals surface area contributed by atoms with Crippen molar-refractivity contribution in [3.63, 3.8) is 0 Å². The summed E-state index contributed by atoms with van der Waals surface area (Å²) in [5.74, 6) is 1.10. The summed E-state index contributed by atoms with van der Waals surface area (Å²) < 4.78 is 14.4. The summed E-state index contributed by atoms with van der Waals surface area (Å²) in [5, 5.41) is 19.4.